The van der Waals surface area contributed by atoms with Gasteiger partial charge in [0.2, 0.25) is 0 Å². The maximum Gasteiger partial charge on any atom is 0.160 e. The van der Waals surface area contributed by atoms with E-state index in [0.717, 1.165) is 39.0 Å². The fourth-order valence-corrected chi connectivity index (χ4v) is 9.87. The predicted octanol–water partition coefficient (Wildman–Crippen LogP) is 14.7. The summed E-state index contributed by atoms with van der Waals surface area (Å²) in [4.78, 5) is 0. The molecule has 0 bridgehead atoms. The minimum Gasteiger partial charge on any atom is -0.454 e. The first-order valence-electron chi connectivity index (χ1n) is 17.8. The van der Waals surface area contributed by atoms with Crippen molar-refractivity contribution in [3.8, 4) is 16.8 Å². The molecule has 0 unspecified atom stereocenters. The van der Waals surface area contributed by atoms with Crippen LogP contribution in [0.25, 0.3) is 114 Å². The lowest BCUT2D eigenvalue weighted by molar-refractivity contribution is 0.605. The molecule has 0 fully saturated rings. The SMILES string of the molecule is C=Cc1oc2c(c1/C=C\C)c1c3ccccc3c3ccccc3c1c1c3ccccc3n(-c3cccc(-c4ccc5c(c4)sc4ccccc45)c3)c21. The fraction of sp³-hybridized carbons (Fsp3) is 0.0204. The summed E-state index contributed by atoms with van der Waals surface area (Å²) < 4.78 is 12.0. The van der Waals surface area contributed by atoms with Crippen LogP contribution in [0.2, 0.25) is 0 Å². The summed E-state index contributed by atoms with van der Waals surface area (Å²) >= 11 is 1.86. The van der Waals surface area contributed by atoms with Crippen molar-refractivity contribution in [2.75, 3.05) is 0 Å². The van der Waals surface area contributed by atoms with Crippen LogP contribution >= 0.6 is 11.3 Å². The second-order valence-corrected chi connectivity index (χ2v) is 14.6. The van der Waals surface area contributed by atoms with Crippen molar-refractivity contribution in [1.29, 1.82) is 0 Å². The summed E-state index contributed by atoms with van der Waals surface area (Å²) in [7, 11) is 0. The highest BCUT2D eigenvalue weighted by Crippen LogP contribution is 2.50. The number of para-hydroxylation sites is 1. The zero-order chi connectivity index (χ0) is 34.5. The number of furan rings is 1. The van der Waals surface area contributed by atoms with Gasteiger partial charge in [0.05, 0.1) is 11.0 Å². The molecule has 0 aliphatic carbocycles. The highest BCUT2D eigenvalue weighted by Gasteiger charge is 2.26. The van der Waals surface area contributed by atoms with Gasteiger partial charge in [-0.25, -0.2) is 0 Å². The average Bonchev–Trinajstić information content (AvgIpc) is 3.87. The lowest BCUT2D eigenvalue weighted by Crippen LogP contribution is -1.95. The lowest BCUT2D eigenvalue weighted by Gasteiger charge is -2.15. The monoisotopic (exact) mass is 681 g/mol. The van der Waals surface area contributed by atoms with Crippen LogP contribution in [-0.2, 0) is 0 Å². The van der Waals surface area contributed by atoms with Crippen LogP contribution in [0, 0.1) is 0 Å². The van der Waals surface area contributed by atoms with E-state index in [1.807, 2.05) is 17.4 Å². The summed E-state index contributed by atoms with van der Waals surface area (Å²) in [5.74, 6) is 0.779. The molecule has 52 heavy (non-hydrogen) atoms. The minimum atomic E-state index is 0.779. The van der Waals surface area contributed by atoms with Crippen LogP contribution in [0.1, 0.15) is 18.2 Å². The molecule has 0 amide bonds. The third kappa shape index (κ3) is 3.94. The molecular formula is C49H31NOS. The molecule has 0 saturated carbocycles. The van der Waals surface area contributed by atoms with Gasteiger partial charge in [-0.1, -0.05) is 128 Å². The van der Waals surface area contributed by atoms with E-state index in [4.69, 9.17) is 4.42 Å². The highest BCUT2D eigenvalue weighted by atomic mass is 32.1. The van der Waals surface area contributed by atoms with Crippen molar-refractivity contribution in [3.63, 3.8) is 0 Å². The summed E-state index contributed by atoms with van der Waals surface area (Å²) in [5.41, 5.74) is 7.62. The first-order valence-corrected chi connectivity index (χ1v) is 18.6. The molecule has 2 nitrogen and oxygen atoms in total. The Bertz CT molecular complexity index is 3330. The second kappa shape index (κ2) is 11.0. The van der Waals surface area contributed by atoms with Crippen molar-refractivity contribution >= 4 is 109 Å². The van der Waals surface area contributed by atoms with Gasteiger partial charge in [0.1, 0.15) is 5.76 Å². The quantitative estimate of drug-likeness (QED) is 0.169. The molecule has 11 aromatic rings. The van der Waals surface area contributed by atoms with Crippen LogP contribution in [0.5, 0.6) is 0 Å². The Kier molecular flexibility index (Phi) is 6.22. The molecule has 0 atom stereocenters. The number of rotatable bonds is 4. The Hall–Kier alpha value is -6.42. The molecule has 0 saturated heterocycles. The first-order chi connectivity index (χ1) is 25.7. The van der Waals surface area contributed by atoms with Gasteiger partial charge in [0.15, 0.2) is 5.58 Å². The van der Waals surface area contributed by atoms with Crippen LogP contribution in [0.4, 0.5) is 0 Å². The van der Waals surface area contributed by atoms with Gasteiger partial charge in [-0.3, -0.25) is 0 Å². The number of thiophene rings is 1. The largest absolute Gasteiger partial charge is 0.454 e. The number of allylic oxidation sites excluding steroid dienone is 1. The van der Waals surface area contributed by atoms with Crippen molar-refractivity contribution in [2.45, 2.75) is 6.92 Å². The number of aromatic nitrogens is 1. The summed E-state index contributed by atoms with van der Waals surface area (Å²) in [6.45, 7) is 6.28. The maximum atomic E-state index is 6.98. The van der Waals surface area contributed by atoms with E-state index in [-0.39, 0.29) is 0 Å². The number of hydrogen-bond acceptors (Lipinski definition) is 2. The topological polar surface area (TPSA) is 18.1 Å². The molecule has 3 heteroatoms. The standard InChI is InChI=1S/C49H31NOS/c1-3-14-39-41(4-2)51-49-47(39)45-37-21-8-6-18-33(37)32-17-5-7-20-36(32)44(45)46-38-22-9-11-23-40(38)50(48(46)49)31-16-13-15-29(27-31)30-25-26-35-34-19-10-12-24-42(34)52-43(35)28-30/h3-28H,2H2,1H3/b14-3-. The Labute approximate surface area is 303 Å². The second-order valence-electron chi connectivity index (χ2n) is 13.6. The number of benzene rings is 8. The molecule has 0 spiro atoms. The molecule has 0 N–H and O–H groups in total. The Balaban J connectivity index is 1.31. The van der Waals surface area contributed by atoms with Crippen molar-refractivity contribution in [2.24, 2.45) is 0 Å². The summed E-state index contributed by atoms with van der Waals surface area (Å²) in [5, 5.41) is 13.6. The number of fused-ring (bicyclic) bond motifs is 16. The van der Waals surface area contributed by atoms with Crippen LogP contribution in [-0.4, -0.2) is 4.57 Å². The molecule has 3 heterocycles. The van der Waals surface area contributed by atoms with Gasteiger partial charge in [-0.2, -0.15) is 0 Å². The van der Waals surface area contributed by atoms with Gasteiger partial charge in [0, 0.05) is 58.4 Å². The molecule has 0 radical (unpaired) electrons. The highest BCUT2D eigenvalue weighted by molar-refractivity contribution is 7.25. The van der Waals surface area contributed by atoms with Crippen LogP contribution in [0.15, 0.2) is 157 Å². The smallest absolute Gasteiger partial charge is 0.160 e. The lowest BCUT2D eigenvalue weighted by atomic mass is 9.88. The van der Waals surface area contributed by atoms with Gasteiger partial charge < -0.3 is 8.98 Å². The zero-order valence-corrected chi connectivity index (χ0v) is 29.3. The Morgan fingerprint density at radius 3 is 1.94 bits per heavy atom. The van der Waals surface area contributed by atoms with E-state index in [9.17, 15) is 0 Å². The minimum absolute atomic E-state index is 0.779. The van der Waals surface area contributed by atoms with E-state index in [2.05, 4.69) is 170 Å². The maximum absolute atomic E-state index is 6.98. The Morgan fingerprint density at radius 1 is 0.558 bits per heavy atom. The molecule has 0 aliphatic rings. The van der Waals surface area contributed by atoms with Gasteiger partial charge in [-0.15, -0.1) is 11.3 Å². The van der Waals surface area contributed by atoms with E-state index in [1.54, 1.807) is 0 Å². The molecule has 11 rings (SSSR count). The summed E-state index contributed by atoms with van der Waals surface area (Å²) in [6.07, 6.45) is 6.13. The molecule has 0 aliphatic heterocycles. The predicted molar refractivity (Wildman–Crippen MR) is 226 cm³/mol. The zero-order valence-electron chi connectivity index (χ0n) is 28.5. The van der Waals surface area contributed by atoms with E-state index < -0.39 is 0 Å². The van der Waals surface area contributed by atoms with E-state index in [1.165, 1.54) is 74.4 Å². The van der Waals surface area contributed by atoms with Crippen LogP contribution in [0.3, 0.4) is 0 Å². The number of nitrogens with zero attached hydrogens (tertiary/aromatic N) is 1. The molecule has 3 aromatic heterocycles. The Morgan fingerprint density at radius 2 is 1.19 bits per heavy atom. The molecular weight excluding hydrogens is 651 g/mol. The van der Waals surface area contributed by atoms with E-state index >= 15 is 0 Å². The third-order valence-electron chi connectivity index (χ3n) is 10.8. The average molecular weight is 682 g/mol. The van der Waals surface area contributed by atoms with Crippen molar-refractivity contribution < 1.29 is 4.42 Å². The van der Waals surface area contributed by atoms with Gasteiger partial charge in [-0.05, 0) is 76.0 Å². The van der Waals surface area contributed by atoms with Gasteiger partial charge in [0.25, 0.3) is 0 Å². The summed E-state index contributed by atoms with van der Waals surface area (Å²) in [6, 6.07) is 51.1. The molecule has 8 aromatic carbocycles. The first kappa shape index (κ1) is 29.3. The fourth-order valence-electron chi connectivity index (χ4n) is 8.73. The molecule has 244 valence electrons. The van der Waals surface area contributed by atoms with E-state index in [0.29, 0.717) is 0 Å². The number of hydrogen-bond donors (Lipinski definition) is 0. The van der Waals surface area contributed by atoms with Gasteiger partial charge >= 0.3 is 0 Å². The normalized spacial score (nSPS) is 12.3. The van der Waals surface area contributed by atoms with Crippen molar-refractivity contribution in [1.82, 2.24) is 4.57 Å². The third-order valence-corrected chi connectivity index (χ3v) is 12.0. The van der Waals surface area contributed by atoms with Crippen LogP contribution < -0.4 is 0 Å². The van der Waals surface area contributed by atoms with Crippen molar-refractivity contribution in [3.05, 3.63) is 164 Å².